The fourth-order valence-electron chi connectivity index (χ4n) is 1.92. The molecule has 1 heterocycles. The highest BCUT2D eigenvalue weighted by atomic mass is 19.1. The molecule has 0 aromatic heterocycles. The molecule has 0 aliphatic carbocycles. The van der Waals surface area contributed by atoms with E-state index in [9.17, 15) is 4.39 Å². The maximum atomic E-state index is 13.2. The highest BCUT2D eigenvalue weighted by Gasteiger charge is 2.20. The molecule has 0 saturated carbocycles. The van der Waals surface area contributed by atoms with Crippen molar-refractivity contribution in [3.05, 3.63) is 24.3 Å². The summed E-state index contributed by atoms with van der Waals surface area (Å²) in [4.78, 5) is 2.03. The van der Waals surface area contributed by atoms with Crippen molar-refractivity contribution in [1.29, 1.82) is 0 Å². The highest BCUT2D eigenvalue weighted by molar-refractivity contribution is 5.67. The minimum atomic E-state index is -0.705. The maximum Gasteiger partial charge on any atom is 0.118 e. The van der Waals surface area contributed by atoms with E-state index in [-0.39, 0.29) is 0 Å². The van der Waals surface area contributed by atoms with E-state index in [4.69, 9.17) is 5.73 Å². The van der Waals surface area contributed by atoms with Crippen LogP contribution in [0.3, 0.4) is 0 Å². The first-order valence-corrected chi connectivity index (χ1v) is 5.01. The second-order valence-corrected chi connectivity index (χ2v) is 3.74. The van der Waals surface area contributed by atoms with Gasteiger partial charge in [0.2, 0.25) is 0 Å². The number of nitrogens with two attached hydrogens (primary N) is 1. The van der Waals surface area contributed by atoms with E-state index in [0.717, 1.165) is 24.3 Å². The Labute approximate surface area is 83.5 Å². The third-order valence-corrected chi connectivity index (χ3v) is 2.64. The molecule has 3 heteroatoms. The van der Waals surface area contributed by atoms with Gasteiger partial charge in [-0.15, -0.1) is 0 Å². The van der Waals surface area contributed by atoms with E-state index < -0.39 is 6.17 Å². The molecule has 1 aliphatic heterocycles. The van der Waals surface area contributed by atoms with Crippen molar-refractivity contribution in [3.8, 4) is 0 Å². The number of nitrogens with zero attached hydrogens (tertiary/aromatic N) is 1. The van der Waals surface area contributed by atoms with Gasteiger partial charge in [-0.05, 0) is 25.0 Å². The predicted octanol–water partition coefficient (Wildman–Crippen LogP) is 2.21. The number of benzene rings is 1. The largest absolute Gasteiger partial charge is 0.397 e. The van der Waals surface area contributed by atoms with Gasteiger partial charge >= 0.3 is 0 Å². The molecule has 0 bridgehead atoms. The van der Waals surface area contributed by atoms with Crippen LogP contribution in [0.1, 0.15) is 12.8 Å². The smallest absolute Gasteiger partial charge is 0.118 e. The molecular formula is C11H15FN2. The van der Waals surface area contributed by atoms with Crippen LogP contribution >= 0.6 is 0 Å². The number of hydrogen-bond acceptors (Lipinski definition) is 2. The summed E-state index contributed by atoms with van der Waals surface area (Å²) in [5.41, 5.74) is 7.54. The zero-order chi connectivity index (χ0) is 9.97. The van der Waals surface area contributed by atoms with Gasteiger partial charge in [-0.3, -0.25) is 0 Å². The molecule has 1 aromatic rings. The van der Waals surface area contributed by atoms with E-state index in [1.165, 1.54) is 0 Å². The third kappa shape index (κ3) is 1.81. The number of rotatable bonds is 1. The summed E-state index contributed by atoms with van der Waals surface area (Å²) >= 11 is 0. The Balaban J connectivity index is 2.18. The summed E-state index contributed by atoms with van der Waals surface area (Å²) in [7, 11) is 0. The monoisotopic (exact) mass is 194 g/mol. The van der Waals surface area contributed by atoms with Gasteiger partial charge in [0, 0.05) is 13.1 Å². The van der Waals surface area contributed by atoms with Crippen molar-refractivity contribution in [2.75, 3.05) is 23.7 Å². The SMILES string of the molecule is Nc1ccccc1N1CCCC(F)C1. The number of halogens is 1. The van der Waals surface area contributed by atoms with Crippen LogP contribution in [-0.2, 0) is 0 Å². The Hall–Kier alpha value is -1.25. The van der Waals surface area contributed by atoms with E-state index in [2.05, 4.69) is 0 Å². The first kappa shape index (κ1) is 9.31. The van der Waals surface area contributed by atoms with Crippen molar-refractivity contribution in [2.24, 2.45) is 0 Å². The molecule has 76 valence electrons. The lowest BCUT2D eigenvalue weighted by molar-refractivity contribution is 0.287. The van der Waals surface area contributed by atoms with Gasteiger partial charge in [0.15, 0.2) is 0 Å². The Kier molecular flexibility index (Phi) is 2.57. The normalized spacial score (nSPS) is 22.4. The van der Waals surface area contributed by atoms with Gasteiger partial charge in [-0.1, -0.05) is 12.1 Å². The van der Waals surface area contributed by atoms with Crippen LogP contribution in [0.2, 0.25) is 0 Å². The molecule has 1 aliphatic rings. The third-order valence-electron chi connectivity index (χ3n) is 2.64. The Morgan fingerprint density at radius 2 is 2.14 bits per heavy atom. The van der Waals surface area contributed by atoms with Crippen LogP contribution in [0, 0.1) is 0 Å². The Morgan fingerprint density at radius 1 is 1.36 bits per heavy atom. The highest BCUT2D eigenvalue weighted by Crippen LogP contribution is 2.26. The summed E-state index contributed by atoms with van der Waals surface area (Å²) < 4.78 is 13.2. The molecular weight excluding hydrogens is 179 g/mol. The molecule has 14 heavy (non-hydrogen) atoms. The van der Waals surface area contributed by atoms with Gasteiger partial charge in [-0.25, -0.2) is 4.39 Å². The fourth-order valence-corrected chi connectivity index (χ4v) is 1.92. The zero-order valence-electron chi connectivity index (χ0n) is 8.12. The van der Waals surface area contributed by atoms with Crippen molar-refractivity contribution < 1.29 is 4.39 Å². The maximum absolute atomic E-state index is 13.2. The topological polar surface area (TPSA) is 29.3 Å². The molecule has 0 radical (unpaired) electrons. The lowest BCUT2D eigenvalue weighted by Gasteiger charge is -2.31. The lowest BCUT2D eigenvalue weighted by Crippen LogP contribution is -2.36. The number of hydrogen-bond donors (Lipinski definition) is 1. The summed E-state index contributed by atoms with van der Waals surface area (Å²) in [6, 6.07) is 7.65. The molecule has 2 N–H and O–H groups in total. The average Bonchev–Trinajstić information content (AvgIpc) is 2.18. The molecule has 1 fully saturated rings. The molecule has 2 nitrogen and oxygen atoms in total. The van der Waals surface area contributed by atoms with Crippen LogP contribution in [0.4, 0.5) is 15.8 Å². The number of nitrogen functional groups attached to an aromatic ring is 1. The predicted molar refractivity (Wildman–Crippen MR) is 57.2 cm³/mol. The molecule has 1 atom stereocenters. The quantitative estimate of drug-likeness (QED) is 0.694. The Bertz CT molecular complexity index is 314. The first-order valence-electron chi connectivity index (χ1n) is 5.01. The van der Waals surface area contributed by atoms with Gasteiger partial charge in [0.25, 0.3) is 0 Å². The number of anilines is 2. The van der Waals surface area contributed by atoms with E-state index in [1.807, 2.05) is 29.2 Å². The minimum absolute atomic E-state index is 0.480. The summed E-state index contributed by atoms with van der Waals surface area (Å²) in [5.74, 6) is 0. The first-order chi connectivity index (χ1) is 6.77. The van der Waals surface area contributed by atoms with Crippen molar-refractivity contribution >= 4 is 11.4 Å². The molecule has 2 rings (SSSR count). The summed E-state index contributed by atoms with van der Waals surface area (Å²) in [6.07, 6.45) is 0.891. The standard InChI is InChI=1S/C11H15FN2/c12-9-4-3-7-14(8-9)11-6-2-1-5-10(11)13/h1-2,5-6,9H,3-4,7-8,13H2. The van der Waals surface area contributed by atoms with Crippen LogP contribution in [-0.4, -0.2) is 19.3 Å². The fraction of sp³-hybridized carbons (Fsp3) is 0.455. The Morgan fingerprint density at radius 3 is 2.86 bits per heavy atom. The summed E-state index contributed by atoms with van der Waals surface area (Å²) in [6.45, 7) is 1.39. The van der Waals surface area contributed by atoms with Gasteiger partial charge in [-0.2, -0.15) is 0 Å². The average molecular weight is 194 g/mol. The molecule has 1 aromatic carbocycles. The lowest BCUT2D eigenvalue weighted by atomic mass is 10.1. The van der Waals surface area contributed by atoms with Crippen LogP contribution in [0.25, 0.3) is 0 Å². The van der Waals surface area contributed by atoms with Crippen LogP contribution in [0.15, 0.2) is 24.3 Å². The van der Waals surface area contributed by atoms with E-state index in [1.54, 1.807) is 0 Å². The second kappa shape index (κ2) is 3.86. The van der Waals surface area contributed by atoms with E-state index >= 15 is 0 Å². The number of piperidine rings is 1. The van der Waals surface area contributed by atoms with Gasteiger partial charge in [0.05, 0.1) is 11.4 Å². The van der Waals surface area contributed by atoms with Crippen LogP contribution in [0.5, 0.6) is 0 Å². The molecule has 0 amide bonds. The van der Waals surface area contributed by atoms with Crippen molar-refractivity contribution in [3.63, 3.8) is 0 Å². The number of alkyl halides is 1. The van der Waals surface area contributed by atoms with Gasteiger partial charge in [0.1, 0.15) is 6.17 Å². The molecule has 1 saturated heterocycles. The second-order valence-electron chi connectivity index (χ2n) is 3.74. The molecule has 0 spiro atoms. The van der Waals surface area contributed by atoms with E-state index in [0.29, 0.717) is 13.0 Å². The minimum Gasteiger partial charge on any atom is -0.397 e. The van der Waals surface area contributed by atoms with Crippen molar-refractivity contribution in [1.82, 2.24) is 0 Å². The van der Waals surface area contributed by atoms with Crippen LogP contribution < -0.4 is 10.6 Å². The molecule has 1 unspecified atom stereocenters. The van der Waals surface area contributed by atoms with Crippen molar-refractivity contribution in [2.45, 2.75) is 19.0 Å². The van der Waals surface area contributed by atoms with Gasteiger partial charge < -0.3 is 10.6 Å². The zero-order valence-corrected chi connectivity index (χ0v) is 8.12. The summed E-state index contributed by atoms with van der Waals surface area (Å²) in [5, 5.41) is 0. The number of para-hydroxylation sites is 2.